The fraction of sp³-hybridized carbons (Fsp3) is 0.278. The molecule has 1 atom stereocenters. The van der Waals surface area contributed by atoms with Crippen LogP contribution in [0.25, 0.3) is 0 Å². The van der Waals surface area contributed by atoms with E-state index in [1.165, 1.54) is 0 Å². The minimum Gasteiger partial charge on any atom is -0.493 e. The van der Waals surface area contributed by atoms with E-state index in [0.717, 1.165) is 17.5 Å². The van der Waals surface area contributed by atoms with E-state index in [0.29, 0.717) is 24.7 Å². The predicted octanol–water partition coefficient (Wildman–Crippen LogP) is 2.50. The van der Waals surface area contributed by atoms with Crippen LogP contribution in [0.1, 0.15) is 11.1 Å². The molecule has 5 heteroatoms. The Labute approximate surface area is 135 Å². The number of rotatable bonds is 6. The molecule has 23 heavy (non-hydrogen) atoms. The minimum absolute atomic E-state index is 0.107. The van der Waals surface area contributed by atoms with Crippen molar-refractivity contribution >= 4 is 6.03 Å². The third-order valence-electron chi connectivity index (χ3n) is 3.79. The van der Waals surface area contributed by atoms with Gasteiger partial charge in [-0.1, -0.05) is 36.4 Å². The second kappa shape index (κ2) is 7.05. The van der Waals surface area contributed by atoms with Crippen LogP contribution in [-0.4, -0.2) is 25.7 Å². The minimum atomic E-state index is -0.107. The lowest BCUT2D eigenvalue weighted by atomic mass is 10.1. The Morgan fingerprint density at radius 1 is 1.09 bits per heavy atom. The van der Waals surface area contributed by atoms with E-state index in [-0.39, 0.29) is 12.1 Å². The van der Waals surface area contributed by atoms with Gasteiger partial charge in [-0.3, -0.25) is 0 Å². The van der Waals surface area contributed by atoms with Gasteiger partial charge in [-0.2, -0.15) is 0 Å². The number of hydrogen-bond donors (Lipinski definition) is 2. The second-order valence-corrected chi connectivity index (χ2v) is 5.51. The first-order valence-corrected chi connectivity index (χ1v) is 7.62. The van der Waals surface area contributed by atoms with Crippen molar-refractivity contribution in [1.29, 1.82) is 0 Å². The third-order valence-corrected chi connectivity index (χ3v) is 3.79. The van der Waals surface area contributed by atoms with Gasteiger partial charge >= 0.3 is 6.03 Å². The monoisotopic (exact) mass is 312 g/mol. The molecule has 1 fully saturated rings. The smallest absolute Gasteiger partial charge is 0.315 e. The van der Waals surface area contributed by atoms with Gasteiger partial charge in [0.15, 0.2) is 11.5 Å². The number of urea groups is 1. The maximum Gasteiger partial charge on any atom is 0.315 e. The molecule has 5 nitrogen and oxygen atoms in total. The molecule has 2 aromatic carbocycles. The number of nitrogens with one attached hydrogen (secondary N) is 2. The van der Waals surface area contributed by atoms with Crippen molar-refractivity contribution in [2.75, 3.05) is 13.7 Å². The highest BCUT2D eigenvalue weighted by molar-refractivity contribution is 5.76. The van der Waals surface area contributed by atoms with Gasteiger partial charge in [-0.05, 0) is 29.7 Å². The molecule has 0 bridgehead atoms. The van der Waals surface area contributed by atoms with Crippen LogP contribution in [0.2, 0.25) is 0 Å². The van der Waals surface area contributed by atoms with E-state index in [4.69, 9.17) is 9.47 Å². The largest absolute Gasteiger partial charge is 0.493 e. The Morgan fingerprint density at radius 3 is 2.61 bits per heavy atom. The molecule has 1 saturated heterocycles. The summed E-state index contributed by atoms with van der Waals surface area (Å²) in [5.41, 5.74) is 2.20. The molecule has 2 N–H and O–H groups in total. The van der Waals surface area contributed by atoms with E-state index in [2.05, 4.69) is 10.6 Å². The molecule has 0 spiro atoms. The number of amides is 2. The summed E-state index contributed by atoms with van der Waals surface area (Å²) in [5.74, 6) is 1.42. The standard InChI is InChI=1S/C18H20N2O3/c1-22-16-8-7-14(9-15-11-19-18(21)20-15)10-17(16)23-12-13-5-3-2-4-6-13/h2-8,10,15H,9,11-12H2,1H3,(H2,19,20,21). The van der Waals surface area contributed by atoms with E-state index < -0.39 is 0 Å². The SMILES string of the molecule is COc1ccc(CC2CNC(=O)N2)cc1OCc1ccccc1. The van der Waals surface area contributed by atoms with Crippen molar-refractivity contribution in [2.24, 2.45) is 0 Å². The van der Waals surface area contributed by atoms with Crippen molar-refractivity contribution in [3.63, 3.8) is 0 Å². The summed E-state index contributed by atoms with van der Waals surface area (Å²) in [4.78, 5) is 11.2. The van der Waals surface area contributed by atoms with E-state index in [1.807, 2.05) is 48.5 Å². The molecular formula is C18H20N2O3. The highest BCUT2D eigenvalue weighted by atomic mass is 16.5. The summed E-state index contributed by atoms with van der Waals surface area (Å²) in [6.07, 6.45) is 0.754. The van der Waals surface area contributed by atoms with Crippen LogP contribution >= 0.6 is 0 Å². The highest BCUT2D eigenvalue weighted by Crippen LogP contribution is 2.29. The molecule has 3 rings (SSSR count). The molecule has 0 saturated carbocycles. The van der Waals surface area contributed by atoms with Crippen molar-refractivity contribution in [3.8, 4) is 11.5 Å². The zero-order valence-corrected chi connectivity index (χ0v) is 13.0. The van der Waals surface area contributed by atoms with Crippen LogP contribution in [0.3, 0.4) is 0 Å². The third kappa shape index (κ3) is 3.94. The van der Waals surface area contributed by atoms with Crippen LogP contribution in [0, 0.1) is 0 Å². The van der Waals surface area contributed by atoms with Gasteiger partial charge in [0.2, 0.25) is 0 Å². The van der Waals surface area contributed by atoms with Crippen LogP contribution in [0.4, 0.5) is 4.79 Å². The Kier molecular flexibility index (Phi) is 4.66. The number of ether oxygens (including phenoxy) is 2. The highest BCUT2D eigenvalue weighted by Gasteiger charge is 2.20. The molecule has 120 valence electrons. The van der Waals surface area contributed by atoms with E-state index in [1.54, 1.807) is 7.11 Å². The summed E-state index contributed by atoms with van der Waals surface area (Å²) in [6.45, 7) is 1.13. The Bertz CT molecular complexity index is 673. The fourth-order valence-electron chi connectivity index (χ4n) is 2.61. The summed E-state index contributed by atoms with van der Waals surface area (Å²) < 4.78 is 11.3. The molecular weight excluding hydrogens is 292 g/mol. The van der Waals surface area contributed by atoms with Crippen LogP contribution in [0.15, 0.2) is 48.5 Å². The van der Waals surface area contributed by atoms with Gasteiger partial charge in [0.25, 0.3) is 0 Å². The molecule has 2 aromatic rings. The molecule has 1 unspecified atom stereocenters. The van der Waals surface area contributed by atoms with Crippen molar-refractivity contribution < 1.29 is 14.3 Å². The normalized spacial score (nSPS) is 16.6. The lowest BCUT2D eigenvalue weighted by Crippen LogP contribution is -2.28. The van der Waals surface area contributed by atoms with Gasteiger partial charge in [0.05, 0.1) is 13.2 Å². The molecule has 1 aliphatic heterocycles. The maximum absolute atomic E-state index is 11.2. The van der Waals surface area contributed by atoms with Crippen molar-refractivity contribution in [2.45, 2.75) is 19.1 Å². The second-order valence-electron chi connectivity index (χ2n) is 5.51. The maximum atomic E-state index is 11.2. The first kappa shape index (κ1) is 15.2. The Hall–Kier alpha value is -2.69. The molecule has 0 radical (unpaired) electrons. The lowest BCUT2D eigenvalue weighted by Gasteiger charge is -2.14. The average molecular weight is 312 g/mol. The Morgan fingerprint density at radius 2 is 1.91 bits per heavy atom. The topological polar surface area (TPSA) is 59.6 Å². The summed E-state index contributed by atoms with van der Waals surface area (Å²) >= 11 is 0. The van der Waals surface area contributed by atoms with Crippen molar-refractivity contribution in [3.05, 3.63) is 59.7 Å². The first-order valence-electron chi connectivity index (χ1n) is 7.62. The zero-order chi connectivity index (χ0) is 16.1. The van der Waals surface area contributed by atoms with Crippen LogP contribution in [0.5, 0.6) is 11.5 Å². The van der Waals surface area contributed by atoms with Gasteiger partial charge in [0.1, 0.15) is 6.61 Å². The molecule has 1 aliphatic rings. The van der Waals surface area contributed by atoms with Gasteiger partial charge in [0, 0.05) is 6.54 Å². The number of carbonyl (C=O) groups excluding carboxylic acids is 1. The first-order chi connectivity index (χ1) is 11.2. The average Bonchev–Trinajstić information content (AvgIpc) is 2.99. The molecule has 1 heterocycles. The number of carbonyl (C=O) groups is 1. The predicted molar refractivity (Wildman–Crippen MR) is 87.8 cm³/mol. The zero-order valence-electron chi connectivity index (χ0n) is 13.0. The number of benzene rings is 2. The number of hydrogen-bond acceptors (Lipinski definition) is 3. The molecule has 2 amide bonds. The molecule has 0 aliphatic carbocycles. The summed E-state index contributed by atoms with van der Waals surface area (Å²) in [7, 11) is 1.63. The Balaban J connectivity index is 1.69. The summed E-state index contributed by atoms with van der Waals surface area (Å²) in [6, 6.07) is 15.9. The van der Waals surface area contributed by atoms with E-state index >= 15 is 0 Å². The molecule has 0 aromatic heterocycles. The van der Waals surface area contributed by atoms with Crippen LogP contribution in [-0.2, 0) is 13.0 Å². The lowest BCUT2D eigenvalue weighted by molar-refractivity contribution is 0.247. The van der Waals surface area contributed by atoms with Gasteiger partial charge in [-0.25, -0.2) is 4.79 Å². The van der Waals surface area contributed by atoms with E-state index in [9.17, 15) is 4.79 Å². The van der Waals surface area contributed by atoms with Crippen molar-refractivity contribution in [1.82, 2.24) is 10.6 Å². The van der Waals surface area contributed by atoms with Gasteiger partial charge in [-0.15, -0.1) is 0 Å². The summed E-state index contributed by atoms with van der Waals surface area (Å²) in [5, 5.41) is 5.65. The quantitative estimate of drug-likeness (QED) is 0.861. The number of methoxy groups -OCH3 is 1. The van der Waals surface area contributed by atoms with Gasteiger partial charge < -0.3 is 20.1 Å². The fourth-order valence-corrected chi connectivity index (χ4v) is 2.61. The van der Waals surface area contributed by atoms with Crippen LogP contribution < -0.4 is 20.1 Å².